The van der Waals surface area contributed by atoms with E-state index in [9.17, 15) is 19.5 Å². The molecular formula is C26H26Cl2N2O4S. The van der Waals surface area contributed by atoms with Gasteiger partial charge in [-0.1, -0.05) is 47.5 Å². The molecule has 184 valence electrons. The van der Waals surface area contributed by atoms with Crippen LogP contribution < -0.4 is 5.73 Å². The fraction of sp³-hybridized carbons (Fsp3) is 0.269. The van der Waals surface area contributed by atoms with E-state index in [1.54, 1.807) is 42.5 Å². The van der Waals surface area contributed by atoms with Crippen LogP contribution in [0, 0.1) is 0 Å². The summed E-state index contributed by atoms with van der Waals surface area (Å²) >= 11 is 13.5. The molecule has 0 aliphatic carbocycles. The van der Waals surface area contributed by atoms with Gasteiger partial charge in [-0.05, 0) is 74.2 Å². The SMILES string of the molecule is CC(C)(Cc1ccc(Cl)cc1)N(C(=O)c1ccc(-c2ccc(Cl)s2)cc1)[C@@H](CCC(N)=O)C(=O)O. The molecule has 9 heteroatoms. The maximum atomic E-state index is 13.8. The van der Waals surface area contributed by atoms with Crippen LogP contribution in [0.25, 0.3) is 10.4 Å². The zero-order chi connectivity index (χ0) is 25.8. The molecule has 3 N–H and O–H groups in total. The molecule has 3 aromatic rings. The second-order valence-corrected chi connectivity index (χ2v) is 11.0. The lowest BCUT2D eigenvalue weighted by Crippen LogP contribution is -2.57. The number of benzene rings is 2. The van der Waals surface area contributed by atoms with E-state index in [1.807, 2.05) is 32.0 Å². The molecule has 0 saturated carbocycles. The zero-order valence-corrected chi connectivity index (χ0v) is 21.7. The molecule has 3 rings (SSSR count). The molecule has 1 atom stereocenters. The second-order valence-electron chi connectivity index (χ2n) is 8.83. The summed E-state index contributed by atoms with van der Waals surface area (Å²) in [6.07, 6.45) is 0.129. The Morgan fingerprint density at radius 3 is 2.14 bits per heavy atom. The summed E-state index contributed by atoms with van der Waals surface area (Å²) in [4.78, 5) is 39.8. The van der Waals surface area contributed by atoms with Crippen molar-refractivity contribution in [3.63, 3.8) is 0 Å². The first-order valence-corrected chi connectivity index (χ1v) is 12.5. The Morgan fingerprint density at radius 1 is 1.00 bits per heavy atom. The number of hydrogen-bond acceptors (Lipinski definition) is 4. The minimum Gasteiger partial charge on any atom is -0.480 e. The summed E-state index contributed by atoms with van der Waals surface area (Å²) in [6.45, 7) is 3.61. The summed E-state index contributed by atoms with van der Waals surface area (Å²) < 4.78 is 0.661. The molecule has 6 nitrogen and oxygen atoms in total. The molecule has 0 unspecified atom stereocenters. The number of halogens is 2. The highest BCUT2D eigenvalue weighted by molar-refractivity contribution is 7.19. The van der Waals surface area contributed by atoms with Gasteiger partial charge in [-0.15, -0.1) is 11.3 Å². The molecule has 1 heterocycles. The van der Waals surface area contributed by atoms with E-state index < -0.39 is 29.4 Å². The first-order valence-electron chi connectivity index (χ1n) is 10.9. The van der Waals surface area contributed by atoms with Crippen molar-refractivity contribution in [3.8, 4) is 10.4 Å². The number of nitrogens with zero attached hydrogens (tertiary/aromatic N) is 1. The van der Waals surface area contributed by atoms with Gasteiger partial charge in [0.2, 0.25) is 5.91 Å². The van der Waals surface area contributed by atoms with Crippen LogP contribution in [0.5, 0.6) is 0 Å². The lowest BCUT2D eigenvalue weighted by molar-refractivity contribution is -0.144. The Morgan fingerprint density at radius 2 is 1.63 bits per heavy atom. The minimum atomic E-state index is -1.24. The number of carboxylic acids is 1. The number of rotatable bonds is 10. The van der Waals surface area contributed by atoms with Crippen molar-refractivity contribution in [2.75, 3.05) is 0 Å². The average molecular weight is 533 g/mol. The highest BCUT2D eigenvalue weighted by Crippen LogP contribution is 2.32. The molecule has 1 aromatic heterocycles. The van der Waals surface area contributed by atoms with Crippen LogP contribution in [0.2, 0.25) is 9.36 Å². The Kier molecular flexibility index (Phi) is 8.59. The number of carbonyl (C=O) groups is 3. The third kappa shape index (κ3) is 6.84. The van der Waals surface area contributed by atoms with Gasteiger partial charge in [0.25, 0.3) is 5.91 Å². The van der Waals surface area contributed by atoms with Gasteiger partial charge in [0.05, 0.1) is 4.34 Å². The topological polar surface area (TPSA) is 101 Å². The number of amides is 2. The first-order chi connectivity index (χ1) is 16.5. The predicted octanol–water partition coefficient (Wildman–Crippen LogP) is 5.90. The molecule has 0 fully saturated rings. The quantitative estimate of drug-likeness (QED) is 0.339. The standard InChI is InChI=1S/C26H26Cl2N2O4S/c1-26(2,15-16-3-9-19(27)10-4-16)30(20(25(33)34)11-14-23(29)31)24(32)18-7-5-17(6-8-18)21-12-13-22(28)35-21/h3-10,12-13,20H,11,14-15H2,1-2H3,(H2,29,31)(H,33,34)/t20-/m0/s1. The minimum absolute atomic E-state index is 0.0910. The molecule has 0 aliphatic heterocycles. The van der Waals surface area contributed by atoms with Gasteiger partial charge < -0.3 is 15.7 Å². The van der Waals surface area contributed by atoms with Crippen LogP contribution in [0.3, 0.4) is 0 Å². The highest BCUT2D eigenvalue weighted by Gasteiger charge is 2.40. The highest BCUT2D eigenvalue weighted by atomic mass is 35.5. The van der Waals surface area contributed by atoms with E-state index in [4.69, 9.17) is 28.9 Å². The number of carbonyl (C=O) groups excluding carboxylic acids is 2. The van der Waals surface area contributed by atoms with Crippen LogP contribution >= 0.6 is 34.5 Å². The van der Waals surface area contributed by atoms with Gasteiger partial charge >= 0.3 is 5.97 Å². The second kappa shape index (κ2) is 11.2. The van der Waals surface area contributed by atoms with Gasteiger partial charge in [-0.25, -0.2) is 4.79 Å². The van der Waals surface area contributed by atoms with Crippen molar-refractivity contribution in [3.05, 3.63) is 81.1 Å². The molecule has 35 heavy (non-hydrogen) atoms. The zero-order valence-electron chi connectivity index (χ0n) is 19.3. The third-order valence-corrected chi connectivity index (χ3v) is 7.20. The van der Waals surface area contributed by atoms with E-state index in [-0.39, 0.29) is 12.8 Å². The number of thiophene rings is 1. The number of aliphatic carboxylic acids is 1. The molecule has 2 aromatic carbocycles. The van der Waals surface area contributed by atoms with E-state index >= 15 is 0 Å². The van der Waals surface area contributed by atoms with E-state index in [1.165, 1.54) is 16.2 Å². The molecular weight excluding hydrogens is 507 g/mol. The van der Waals surface area contributed by atoms with Crippen LogP contribution in [0.1, 0.15) is 42.6 Å². The number of hydrogen-bond donors (Lipinski definition) is 2. The first kappa shape index (κ1) is 26.7. The molecule has 0 aliphatic rings. The molecule has 0 spiro atoms. The lowest BCUT2D eigenvalue weighted by Gasteiger charge is -2.42. The molecule has 0 bridgehead atoms. The maximum absolute atomic E-state index is 13.8. The van der Waals surface area contributed by atoms with Gasteiger partial charge in [-0.3, -0.25) is 9.59 Å². The third-order valence-electron chi connectivity index (χ3n) is 5.67. The van der Waals surface area contributed by atoms with E-state index in [0.29, 0.717) is 21.3 Å². The molecule has 0 saturated heterocycles. The Balaban J connectivity index is 1.98. The van der Waals surface area contributed by atoms with Gasteiger partial charge in [-0.2, -0.15) is 0 Å². The Hall–Kier alpha value is -2.87. The largest absolute Gasteiger partial charge is 0.480 e. The van der Waals surface area contributed by atoms with Crippen molar-refractivity contribution < 1.29 is 19.5 Å². The van der Waals surface area contributed by atoms with Gasteiger partial charge in [0.15, 0.2) is 0 Å². The van der Waals surface area contributed by atoms with Crippen LogP contribution in [-0.2, 0) is 16.0 Å². The van der Waals surface area contributed by atoms with Crippen molar-refractivity contribution in [2.24, 2.45) is 5.73 Å². The van der Waals surface area contributed by atoms with Crippen LogP contribution in [-0.4, -0.2) is 39.4 Å². The summed E-state index contributed by atoms with van der Waals surface area (Å²) in [6, 6.07) is 16.6. The molecule has 2 amide bonds. The van der Waals surface area contributed by atoms with Gasteiger partial charge in [0, 0.05) is 27.4 Å². The van der Waals surface area contributed by atoms with E-state index in [2.05, 4.69) is 0 Å². The summed E-state index contributed by atoms with van der Waals surface area (Å²) in [5.41, 5.74) is 6.51. The number of nitrogens with two attached hydrogens (primary N) is 1. The van der Waals surface area contributed by atoms with Crippen LogP contribution in [0.15, 0.2) is 60.7 Å². The average Bonchev–Trinajstić information content (AvgIpc) is 3.23. The molecule has 0 radical (unpaired) electrons. The summed E-state index contributed by atoms with van der Waals surface area (Å²) in [7, 11) is 0. The fourth-order valence-corrected chi connectivity index (χ4v) is 5.23. The van der Waals surface area contributed by atoms with Crippen molar-refractivity contribution in [1.82, 2.24) is 4.90 Å². The van der Waals surface area contributed by atoms with Crippen molar-refractivity contribution in [2.45, 2.75) is 44.7 Å². The van der Waals surface area contributed by atoms with Crippen molar-refractivity contribution >= 4 is 52.3 Å². The Labute approximate surface area is 218 Å². The Bertz CT molecular complexity index is 1210. The van der Waals surface area contributed by atoms with E-state index in [0.717, 1.165) is 16.0 Å². The lowest BCUT2D eigenvalue weighted by atomic mass is 9.89. The summed E-state index contributed by atoms with van der Waals surface area (Å²) in [5.74, 6) is -2.27. The smallest absolute Gasteiger partial charge is 0.326 e. The number of primary amides is 1. The van der Waals surface area contributed by atoms with Crippen molar-refractivity contribution in [1.29, 1.82) is 0 Å². The monoisotopic (exact) mass is 532 g/mol. The van der Waals surface area contributed by atoms with Gasteiger partial charge in [0.1, 0.15) is 6.04 Å². The summed E-state index contributed by atoms with van der Waals surface area (Å²) in [5, 5.41) is 10.6. The maximum Gasteiger partial charge on any atom is 0.326 e. The number of carboxylic acid groups (broad SMARTS) is 1. The predicted molar refractivity (Wildman–Crippen MR) is 140 cm³/mol. The fourth-order valence-electron chi connectivity index (χ4n) is 4.05. The normalized spacial score (nSPS) is 12.2. The van der Waals surface area contributed by atoms with Crippen LogP contribution in [0.4, 0.5) is 0 Å².